The van der Waals surface area contributed by atoms with E-state index in [1.54, 1.807) is 12.1 Å². The van der Waals surface area contributed by atoms with Crippen LogP contribution in [0.1, 0.15) is 22.3 Å². The number of halogens is 1. The van der Waals surface area contributed by atoms with Crippen molar-refractivity contribution < 1.29 is 32.2 Å². The van der Waals surface area contributed by atoms with Crippen LogP contribution < -0.4 is 0 Å². The average molecular weight is 392 g/mol. The quantitative estimate of drug-likeness (QED) is 0.455. The van der Waals surface area contributed by atoms with Crippen molar-refractivity contribution in [3.8, 4) is 0 Å². The highest BCUT2D eigenvalue weighted by atomic mass is 79.9. The molecule has 2 amide bonds. The molecule has 2 rings (SSSR count). The monoisotopic (exact) mass is 391 g/mol. The average Bonchev–Trinajstić information content (AvgIpc) is 2.75. The van der Waals surface area contributed by atoms with Crippen molar-refractivity contribution in [2.45, 2.75) is 17.0 Å². The lowest BCUT2D eigenvalue weighted by Gasteiger charge is -2.13. The summed E-state index contributed by atoms with van der Waals surface area (Å²) in [6.07, 6.45) is -0.770. The Bertz CT molecular complexity index is 728. The van der Waals surface area contributed by atoms with E-state index in [4.69, 9.17) is 4.55 Å². The summed E-state index contributed by atoms with van der Waals surface area (Å²) in [5.74, 6) is -3.30. The first-order chi connectivity index (χ1) is 10.2. The molecule has 1 aliphatic heterocycles. The molecule has 22 heavy (non-hydrogen) atoms. The SMILES string of the molecule is O=C(ON1C(=O)CC(S(=O)(=O)O)C1=O)c1ccc(CBr)cc1. The molecule has 0 spiro atoms. The first-order valence-electron chi connectivity index (χ1n) is 5.94. The van der Waals surface area contributed by atoms with Crippen LogP contribution in [0.4, 0.5) is 0 Å². The Balaban J connectivity index is 2.14. The van der Waals surface area contributed by atoms with Gasteiger partial charge in [-0.15, -0.1) is 5.06 Å². The molecule has 1 aromatic carbocycles. The minimum absolute atomic E-state index is 0.0686. The minimum atomic E-state index is -4.74. The summed E-state index contributed by atoms with van der Waals surface area (Å²) in [6, 6.07) is 6.15. The van der Waals surface area contributed by atoms with Crippen LogP contribution in [0, 0.1) is 0 Å². The maximum Gasteiger partial charge on any atom is 0.363 e. The summed E-state index contributed by atoms with van der Waals surface area (Å²) in [7, 11) is -4.74. The van der Waals surface area contributed by atoms with Gasteiger partial charge in [-0.05, 0) is 17.7 Å². The first-order valence-corrected chi connectivity index (χ1v) is 8.57. The fourth-order valence-corrected chi connectivity index (χ4v) is 2.85. The fraction of sp³-hybridized carbons (Fsp3) is 0.250. The Labute approximate surface area is 133 Å². The summed E-state index contributed by atoms with van der Waals surface area (Å²) < 4.78 is 30.8. The molecule has 0 aromatic heterocycles. The van der Waals surface area contributed by atoms with Gasteiger partial charge in [0.2, 0.25) is 0 Å². The van der Waals surface area contributed by atoms with Gasteiger partial charge in [-0.2, -0.15) is 8.42 Å². The number of imide groups is 1. The number of hydroxylamine groups is 2. The maximum atomic E-state index is 11.9. The lowest BCUT2D eigenvalue weighted by Crippen LogP contribution is -2.36. The highest BCUT2D eigenvalue weighted by Gasteiger charge is 2.48. The van der Waals surface area contributed by atoms with Crippen LogP contribution in [-0.2, 0) is 29.9 Å². The third-order valence-corrected chi connectivity index (χ3v) is 4.67. The summed E-state index contributed by atoms with van der Waals surface area (Å²) in [5.41, 5.74) is 0.983. The van der Waals surface area contributed by atoms with Crippen LogP contribution in [0.15, 0.2) is 24.3 Å². The number of benzene rings is 1. The predicted molar refractivity (Wildman–Crippen MR) is 76.3 cm³/mol. The van der Waals surface area contributed by atoms with Gasteiger partial charge in [0.1, 0.15) is 0 Å². The molecule has 1 N–H and O–H groups in total. The molecule has 1 aliphatic rings. The van der Waals surface area contributed by atoms with E-state index in [1.165, 1.54) is 12.1 Å². The smallest absolute Gasteiger partial charge is 0.325 e. The van der Waals surface area contributed by atoms with Gasteiger partial charge in [0, 0.05) is 5.33 Å². The molecule has 1 atom stereocenters. The third kappa shape index (κ3) is 3.34. The number of hydrogen-bond acceptors (Lipinski definition) is 6. The Morgan fingerprint density at radius 3 is 2.36 bits per heavy atom. The lowest BCUT2D eigenvalue weighted by molar-refractivity contribution is -0.172. The molecule has 1 aromatic rings. The lowest BCUT2D eigenvalue weighted by atomic mass is 10.2. The highest BCUT2D eigenvalue weighted by molar-refractivity contribution is 9.08. The van der Waals surface area contributed by atoms with Gasteiger partial charge in [-0.25, -0.2) is 4.79 Å². The van der Waals surface area contributed by atoms with Gasteiger partial charge in [-0.1, -0.05) is 28.1 Å². The van der Waals surface area contributed by atoms with E-state index >= 15 is 0 Å². The number of rotatable bonds is 4. The summed E-state index contributed by atoms with van der Waals surface area (Å²) in [4.78, 5) is 39.8. The van der Waals surface area contributed by atoms with E-state index in [0.29, 0.717) is 5.33 Å². The molecule has 118 valence electrons. The van der Waals surface area contributed by atoms with Crippen molar-refractivity contribution in [3.63, 3.8) is 0 Å². The molecule has 1 unspecified atom stereocenters. The molecule has 8 nitrogen and oxygen atoms in total. The number of hydrogen-bond donors (Lipinski definition) is 1. The number of carbonyl (C=O) groups is 3. The number of amides is 2. The van der Waals surface area contributed by atoms with Crippen molar-refractivity contribution in [1.82, 2.24) is 5.06 Å². The second-order valence-corrected chi connectivity index (χ2v) is 6.60. The normalized spacial score (nSPS) is 18.6. The molecule has 1 saturated heterocycles. The van der Waals surface area contributed by atoms with Crippen molar-refractivity contribution >= 4 is 43.8 Å². The number of alkyl halides is 1. The molecular formula is C12H10BrNO7S. The zero-order chi connectivity index (χ0) is 16.5. The largest absolute Gasteiger partial charge is 0.363 e. The molecule has 0 bridgehead atoms. The first kappa shape index (κ1) is 16.6. The molecule has 10 heteroatoms. The molecule has 0 aliphatic carbocycles. The zero-order valence-electron chi connectivity index (χ0n) is 10.9. The van der Waals surface area contributed by atoms with E-state index in [2.05, 4.69) is 20.8 Å². The second kappa shape index (κ2) is 6.15. The number of nitrogens with zero attached hydrogens (tertiary/aromatic N) is 1. The van der Waals surface area contributed by atoms with Crippen LogP contribution >= 0.6 is 15.9 Å². The molecule has 0 saturated carbocycles. The Hall–Kier alpha value is -1.78. The van der Waals surface area contributed by atoms with Gasteiger partial charge >= 0.3 is 5.97 Å². The van der Waals surface area contributed by atoms with E-state index in [-0.39, 0.29) is 10.6 Å². The van der Waals surface area contributed by atoms with Crippen LogP contribution in [0.2, 0.25) is 0 Å². The summed E-state index contributed by atoms with van der Waals surface area (Å²) >= 11 is 3.24. The van der Waals surface area contributed by atoms with Crippen LogP contribution in [0.5, 0.6) is 0 Å². The van der Waals surface area contributed by atoms with E-state index in [9.17, 15) is 22.8 Å². The molecular weight excluding hydrogens is 382 g/mol. The van der Waals surface area contributed by atoms with Crippen LogP contribution in [0.25, 0.3) is 0 Å². The van der Waals surface area contributed by atoms with Crippen molar-refractivity contribution in [2.24, 2.45) is 0 Å². The number of carbonyl (C=O) groups excluding carboxylic acids is 3. The van der Waals surface area contributed by atoms with Gasteiger partial charge in [0.15, 0.2) is 5.25 Å². The Kier molecular flexibility index (Phi) is 4.63. The second-order valence-electron chi connectivity index (χ2n) is 4.44. The molecule has 1 heterocycles. The van der Waals surface area contributed by atoms with E-state index < -0.39 is 39.6 Å². The van der Waals surface area contributed by atoms with Gasteiger partial charge < -0.3 is 4.84 Å². The highest BCUT2D eigenvalue weighted by Crippen LogP contribution is 2.20. The topological polar surface area (TPSA) is 118 Å². The Morgan fingerprint density at radius 2 is 1.91 bits per heavy atom. The standard InChI is InChI=1S/C12H10BrNO7S/c13-6-7-1-3-8(4-2-7)12(17)21-14-10(15)5-9(11(14)16)22(18,19)20/h1-4,9H,5-6H2,(H,18,19,20). The minimum Gasteiger partial charge on any atom is -0.325 e. The predicted octanol–water partition coefficient (Wildman–Crippen LogP) is 0.669. The van der Waals surface area contributed by atoms with Crippen molar-refractivity contribution in [3.05, 3.63) is 35.4 Å². The maximum absolute atomic E-state index is 11.9. The summed E-state index contributed by atoms with van der Waals surface area (Å²) in [5, 5.41) is -1.29. The Morgan fingerprint density at radius 1 is 1.32 bits per heavy atom. The van der Waals surface area contributed by atoms with Crippen molar-refractivity contribution in [2.75, 3.05) is 0 Å². The van der Waals surface area contributed by atoms with Crippen LogP contribution in [0.3, 0.4) is 0 Å². The fourth-order valence-electron chi connectivity index (χ4n) is 1.78. The zero-order valence-corrected chi connectivity index (χ0v) is 13.3. The van der Waals surface area contributed by atoms with Gasteiger partial charge in [0.25, 0.3) is 21.9 Å². The van der Waals surface area contributed by atoms with Gasteiger partial charge in [-0.3, -0.25) is 14.1 Å². The molecule has 1 fully saturated rings. The van der Waals surface area contributed by atoms with Gasteiger partial charge in [0.05, 0.1) is 12.0 Å². The van der Waals surface area contributed by atoms with E-state index in [0.717, 1.165) is 5.56 Å². The molecule has 0 radical (unpaired) electrons. The van der Waals surface area contributed by atoms with E-state index in [1.807, 2.05) is 0 Å². The van der Waals surface area contributed by atoms with Crippen molar-refractivity contribution in [1.29, 1.82) is 0 Å². The van der Waals surface area contributed by atoms with Crippen LogP contribution in [-0.4, -0.2) is 41.1 Å². The summed E-state index contributed by atoms with van der Waals surface area (Å²) in [6.45, 7) is 0. The third-order valence-electron chi connectivity index (χ3n) is 2.94.